The Balaban J connectivity index is 2.11. The minimum atomic E-state index is -2.51. The number of nitro groups is 1. The summed E-state index contributed by atoms with van der Waals surface area (Å²) in [4.78, 5) is 14.3. The summed E-state index contributed by atoms with van der Waals surface area (Å²) in [6.07, 6.45) is -1.07. The molecular weight excluding hydrogens is 348 g/mol. The average molecular weight is 358 g/mol. The van der Waals surface area contributed by atoms with Crippen LogP contribution in [-0.2, 0) is 6.54 Å². The van der Waals surface area contributed by atoms with Crippen molar-refractivity contribution in [1.29, 1.82) is 0 Å². The SMILES string of the molecule is O=[N+]([O-])c1cc(Br)cnc1NCc1ccc(C(F)F)cc1. The molecule has 0 atom stereocenters. The molecule has 0 aliphatic carbocycles. The molecule has 1 heterocycles. The third-order valence-corrected chi connectivity index (χ3v) is 3.16. The number of alkyl halides is 2. The predicted molar refractivity (Wildman–Crippen MR) is 77.3 cm³/mol. The summed E-state index contributed by atoms with van der Waals surface area (Å²) in [5.74, 6) is 0.126. The minimum Gasteiger partial charge on any atom is -0.360 e. The summed E-state index contributed by atoms with van der Waals surface area (Å²) in [7, 11) is 0. The first-order chi connectivity index (χ1) is 9.97. The van der Waals surface area contributed by atoms with Gasteiger partial charge in [0.25, 0.3) is 6.43 Å². The molecule has 1 N–H and O–H groups in total. The van der Waals surface area contributed by atoms with Crippen LogP contribution in [0, 0.1) is 10.1 Å². The molecule has 1 aromatic heterocycles. The normalized spacial score (nSPS) is 10.7. The second-order valence-electron chi connectivity index (χ2n) is 4.17. The maximum Gasteiger partial charge on any atom is 0.312 e. The summed E-state index contributed by atoms with van der Waals surface area (Å²) < 4.78 is 25.3. The fraction of sp³-hybridized carbons (Fsp3) is 0.154. The number of anilines is 1. The van der Waals surface area contributed by atoms with Crippen molar-refractivity contribution in [1.82, 2.24) is 4.98 Å². The topological polar surface area (TPSA) is 68.1 Å². The highest BCUT2D eigenvalue weighted by Crippen LogP contribution is 2.26. The van der Waals surface area contributed by atoms with Crippen molar-refractivity contribution in [2.45, 2.75) is 13.0 Å². The second kappa shape index (κ2) is 6.57. The maximum atomic E-state index is 12.4. The molecule has 8 heteroatoms. The number of pyridine rings is 1. The third-order valence-electron chi connectivity index (χ3n) is 2.72. The van der Waals surface area contributed by atoms with Crippen LogP contribution < -0.4 is 5.32 Å². The Hall–Kier alpha value is -2.09. The number of hydrogen-bond donors (Lipinski definition) is 1. The molecular formula is C13H10BrF2N3O2. The minimum absolute atomic E-state index is 0.0634. The van der Waals surface area contributed by atoms with Crippen LogP contribution in [0.4, 0.5) is 20.3 Å². The van der Waals surface area contributed by atoms with Crippen LogP contribution in [0.5, 0.6) is 0 Å². The largest absolute Gasteiger partial charge is 0.360 e. The predicted octanol–water partition coefficient (Wildman–Crippen LogP) is 4.30. The van der Waals surface area contributed by atoms with E-state index in [1.54, 1.807) is 12.1 Å². The number of benzene rings is 1. The molecule has 0 fully saturated rings. The van der Waals surface area contributed by atoms with E-state index in [9.17, 15) is 18.9 Å². The first-order valence-electron chi connectivity index (χ1n) is 5.88. The van der Waals surface area contributed by atoms with Gasteiger partial charge in [0, 0.05) is 28.8 Å². The second-order valence-corrected chi connectivity index (χ2v) is 5.09. The Morgan fingerprint density at radius 2 is 2.00 bits per heavy atom. The van der Waals surface area contributed by atoms with Crippen LogP contribution in [0.2, 0.25) is 0 Å². The van der Waals surface area contributed by atoms with Crippen LogP contribution in [0.15, 0.2) is 41.0 Å². The summed E-state index contributed by atoms with van der Waals surface area (Å²) >= 11 is 3.12. The summed E-state index contributed by atoms with van der Waals surface area (Å²) in [5, 5.41) is 13.8. The zero-order valence-electron chi connectivity index (χ0n) is 10.6. The van der Waals surface area contributed by atoms with Gasteiger partial charge in [0.1, 0.15) is 0 Å². The Labute approximate surface area is 127 Å². The number of halogens is 3. The van der Waals surface area contributed by atoms with Gasteiger partial charge in [-0.2, -0.15) is 0 Å². The third kappa shape index (κ3) is 3.94. The Bertz CT molecular complexity index is 650. The van der Waals surface area contributed by atoms with Gasteiger partial charge in [-0.05, 0) is 21.5 Å². The first-order valence-corrected chi connectivity index (χ1v) is 6.67. The van der Waals surface area contributed by atoms with Gasteiger partial charge in [0.05, 0.1) is 4.92 Å². The lowest BCUT2D eigenvalue weighted by atomic mass is 10.1. The lowest BCUT2D eigenvalue weighted by Crippen LogP contribution is -2.04. The summed E-state index contributed by atoms with van der Waals surface area (Å²) in [6, 6.07) is 7.07. The maximum absolute atomic E-state index is 12.4. The highest BCUT2D eigenvalue weighted by Gasteiger charge is 2.15. The molecule has 1 aromatic carbocycles. The number of rotatable bonds is 5. The van der Waals surface area contributed by atoms with Crippen molar-refractivity contribution >= 4 is 27.4 Å². The van der Waals surface area contributed by atoms with E-state index in [-0.39, 0.29) is 23.6 Å². The van der Waals surface area contributed by atoms with E-state index in [4.69, 9.17) is 0 Å². The van der Waals surface area contributed by atoms with E-state index in [0.29, 0.717) is 4.47 Å². The summed E-state index contributed by atoms with van der Waals surface area (Å²) in [6.45, 7) is 0.249. The quantitative estimate of drug-likeness (QED) is 0.639. The van der Waals surface area contributed by atoms with E-state index in [0.717, 1.165) is 5.56 Å². The van der Waals surface area contributed by atoms with Crippen molar-refractivity contribution < 1.29 is 13.7 Å². The van der Waals surface area contributed by atoms with E-state index in [1.807, 2.05) is 0 Å². The van der Waals surface area contributed by atoms with Gasteiger partial charge >= 0.3 is 5.69 Å². The van der Waals surface area contributed by atoms with E-state index >= 15 is 0 Å². The lowest BCUT2D eigenvalue weighted by molar-refractivity contribution is -0.384. The van der Waals surface area contributed by atoms with Gasteiger partial charge < -0.3 is 5.32 Å². The standard InChI is InChI=1S/C13H10BrF2N3O2/c14-10-5-11(19(20)21)13(18-7-10)17-6-8-1-3-9(4-2-8)12(15)16/h1-5,7,12H,6H2,(H,17,18). The highest BCUT2D eigenvalue weighted by molar-refractivity contribution is 9.10. The molecule has 0 unspecified atom stereocenters. The fourth-order valence-corrected chi connectivity index (χ4v) is 1.99. The Morgan fingerprint density at radius 1 is 1.33 bits per heavy atom. The average Bonchev–Trinajstić information content (AvgIpc) is 2.46. The van der Waals surface area contributed by atoms with E-state index in [2.05, 4.69) is 26.2 Å². The molecule has 0 spiro atoms. The Kier molecular flexibility index (Phi) is 4.79. The zero-order chi connectivity index (χ0) is 15.4. The number of nitrogens with one attached hydrogen (secondary N) is 1. The highest BCUT2D eigenvalue weighted by atomic mass is 79.9. The molecule has 0 saturated carbocycles. The van der Waals surface area contributed by atoms with Gasteiger partial charge in [-0.1, -0.05) is 24.3 Å². The van der Waals surface area contributed by atoms with Crippen LogP contribution >= 0.6 is 15.9 Å². The molecule has 110 valence electrons. The van der Waals surface area contributed by atoms with Gasteiger partial charge in [0.2, 0.25) is 5.82 Å². The first kappa shape index (κ1) is 15.3. The molecule has 0 saturated heterocycles. The van der Waals surface area contributed by atoms with Crippen LogP contribution in [0.1, 0.15) is 17.6 Å². The summed E-state index contributed by atoms with van der Waals surface area (Å²) in [5.41, 5.74) is 0.499. The fourth-order valence-electron chi connectivity index (χ4n) is 1.67. The van der Waals surface area contributed by atoms with Crippen LogP contribution in [0.25, 0.3) is 0 Å². The lowest BCUT2D eigenvalue weighted by Gasteiger charge is -2.07. The Morgan fingerprint density at radius 3 is 2.57 bits per heavy atom. The molecule has 0 aliphatic heterocycles. The van der Waals surface area contributed by atoms with E-state index < -0.39 is 11.3 Å². The molecule has 21 heavy (non-hydrogen) atoms. The zero-order valence-corrected chi connectivity index (χ0v) is 12.2. The van der Waals surface area contributed by atoms with Crippen molar-refractivity contribution in [3.63, 3.8) is 0 Å². The molecule has 0 aliphatic rings. The number of hydrogen-bond acceptors (Lipinski definition) is 4. The molecule has 0 radical (unpaired) electrons. The van der Waals surface area contributed by atoms with Crippen LogP contribution in [-0.4, -0.2) is 9.91 Å². The van der Waals surface area contributed by atoms with Gasteiger partial charge in [0.15, 0.2) is 0 Å². The molecule has 2 aromatic rings. The number of aromatic nitrogens is 1. The van der Waals surface area contributed by atoms with Crippen molar-refractivity contribution in [3.8, 4) is 0 Å². The smallest absolute Gasteiger partial charge is 0.312 e. The van der Waals surface area contributed by atoms with Crippen molar-refractivity contribution in [2.75, 3.05) is 5.32 Å². The van der Waals surface area contributed by atoms with Crippen molar-refractivity contribution in [2.24, 2.45) is 0 Å². The van der Waals surface area contributed by atoms with Gasteiger partial charge in [-0.15, -0.1) is 0 Å². The van der Waals surface area contributed by atoms with Crippen LogP contribution in [0.3, 0.4) is 0 Å². The molecule has 0 amide bonds. The van der Waals surface area contributed by atoms with Gasteiger partial charge in [-0.3, -0.25) is 10.1 Å². The monoisotopic (exact) mass is 357 g/mol. The number of nitrogens with zero attached hydrogens (tertiary/aromatic N) is 2. The van der Waals surface area contributed by atoms with Gasteiger partial charge in [-0.25, -0.2) is 13.8 Å². The van der Waals surface area contributed by atoms with Crippen molar-refractivity contribution in [3.05, 3.63) is 62.2 Å². The molecule has 0 bridgehead atoms. The molecule has 2 rings (SSSR count). The van der Waals surface area contributed by atoms with E-state index in [1.165, 1.54) is 24.4 Å². The molecule has 5 nitrogen and oxygen atoms in total.